The Morgan fingerprint density at radius 1 is 1.26 bits per heavy atom. The minimum absolute atomic E-state index is 0.0929. The zero-order valence-corrected chi connectivity index (χ0v) is 14.1. The van der Waals surface area contributed by atoms with E-state index in [1.54, 1.807) is 38.6 Å². The highest BCUT2D eigenvalue weighted by Gasteiger charge is 2.18. The molecule has 0 aliphatic carbocycles. The molecule has 1 aromatic heterocycles. The van der Waals surface area contributed by atoms with Crippen LogP contribution in [-0.4, -0.2) is 41.8 Å². The maximum atomic E-state index is 12.0. The van der Waals surface area contributed by atoms with Crippen LogP contribution in [0, 0.1) is 0 Å². The Morgan fingerprint density at radius 3 is 2.48 bits per heavy atom. The molecule has 0 atom stereocenters. The van der Waals surface area contributed by atoms with E-state index in [4.69, 9.17) is 4.74 Å². The first-order chi connectivity index (χ1) is 10.6. The third-order valence-corrected chi connectivity index (χ3v) is 2.73. The van der Waals surface area contributed by atoms with Crippen LogP contribution < -0.4 is 10.6 Å². The average Bonchev–Trinajstić information content (AvgIpc) is 2.76. The van der Waals surface area contributed by atoms with Crippen molar-refractivity contribution in [1.82, 2.24) is 9.88 Å². The second kappa shape index (κ2) is 7.66. The first-order valence-corrected chi connectivity index (χ1v) is 7.14. The topological polar surface area (TPSA) is 98.7 Å². The number of anilines is 1. The van der Waals surface area contributed by atoms with E-state index >= 15 is 0 Å². The normalized spacial score (nSPS) is 10.8. The largest absolute Gasteiger partial charge is 0.469 e. The number of aromatic nitrogens is 1. The van der Waals surface area contributed by atoms with Crippen molar-refractivity contribution >= 4 is 23.7 Å². The lowest BCUT2D eigenvalue weighted by molar-refractivity contribution is -0.140. The highest BCUT2D eigenvalue weighted by molar-refractivity contribution is 5.95. The molecule has 1 aromatic rings. The zero-order valence-electron chi connectivity index (χ0n) is 14.1. The predicted molar refractivity (Wildman–Crippen MR) is 84.2 cm³/mol. The van der Waals surface area contributed by atoms with Gasteiger partial charge in [-0.05, 0) is 26.8 Å². The van der Waals surface area contributed by atoms with Crippen LogP contribution in [0.5, 0.6) is 0 Å². The van der Waals surface area contributed by atoms with Crippen molar-refractivity contribution in [2.45, 2.75) is 32.8 Å². The monoisotopic (exact) mass is 325 g/mol. The number of rotatable bonds is 5. The number of carbonyl (C=O) groups is 3. The molecule has 0 spiro atoms. The van der Waals surface area contributed by atoms with Gasteiger partial charge in [0.25, 0.3) is 5.91 Å². The maximum Gasteiger partial charge on any atom is 0.412 e. The van der Waals surface area contributed by atoms with E-state index in [1.165, 1.54) is 13.2 Å². The molecule has 0 saturated heterocycles. The lowest BCUT2D eigenvalue weighted by atomic mass is 10.2. The van der Waals surface area contributed by atoms with Crippen molar-refractivity contribution in [3.8, 4) is 0 Å². The Hall–Kier alpha value is -2.51. The third-order valence-electron chi connectivity index (χ3n) is 2.73. The van der Waals surface area contributed by atoms with Crippen LogP contribution in [0.2, 0.25) is 0 Å². The Balaban J connectivity index is 2.62. The van der Waals surface area contributed by atoms with Gasteiger partial charge in [-0.15, -0.1) is 0 Å². The minimum Gasteiger partial charge on any atom is -0.469 e. The summed E-state index contributed by atoms with van der Waals surface area (Å²) in [6.45, 7) is 5.46. The SMILES string of the molecule is COC(=O)CCNC(=O)c1cc(NC(=O)OC(C)(C)C)cn1C. The summed E-state index contributed by atoms with van der Waals surface area (Å²) in [4.78, 5) is 34.7. The molecule has 2 N–H and O–H groups in total. The number of methoxy groups -OCH3 is 1. The predicted octanol–water partition coefficient (Wildman–Crippen LogP) is 1.66. The fraction of sp³-hybridized carbons (Fsp3) is 0.533. The lowest BCUT2D eigenvalue weighted by Crippen LogP contribution is -2.28. The Labute approximate surface area is 135 Å². The van der Waals surface area contributed by atoms with Crippen molar-refractivity contribution in [3.63, 3.8) is 0 Å². The molecule has 0 unspecified atom stereocenters. The number of esters is 1. The standard InChI is InChI=1S/C15H23N3O5/c1-15(2,3)23-14(21)17-10-8-11(18(4)9-10)13(20)16-7-6-12(19)22-5/h8-9H,6-7H2,1-5H3,(H,16,20)(H,17,21). The summed E-state index contributed by atoms with van der Waals surface area (Å²) in [5.41, 5.74) is 0.188. The molecule has 128 valence electrons. The molecule has 2 amide bonds. The first kappa shape index (κ1) is 18.5. The average molecular weight is 325 g/mol. The summed E-state index contributed by atoms with van der Waals surface area (Å²) >= 11 is 0. The van der Waals surface area contributed by atoms with Crippen LogP contribution in [0.25, 0.3) is 0 Å². The molecule has 1 heterocycles. The van der Waals surface area contributed by atoms with Crippen LogP contribution in [-0.2, 0) is 21.3 Å². The number of nitrogens with one attached hydrogen (secondary N) is 2. The van der Waals surface area contributed by atoms with Crippen LogP contribution in [0.1, 0.15) is 37.7 Å². The summed E-state index contributed by atoms with van der Waals surface area (Å²) in [6.07, 6.45) is 1.09. The fourth-order valence-corrected chi connectivity index (χ4v) is 1.75. The molecule has 0 radical (unpaired) electrons. The second-order valence-electron chi connectivity index (χ2n) is 5.93. The van der Waals surface area contributed by atoms with Gasteiger partial charge in [-0.3, -0.25) is 14.9 Å². The van der Waals surface area contributed by atoms with Crippen LogP contribution >= 0.6 is 0 Å². The summed E-state index contributed by atoms with van der Waals surface area (Å²) in [6, 6.07) is 1.53. The molecule has 1 rings (SSSR count). The van der Waals surface area contributed by atoms with E-state index in [2.05, 4.69) is 15.4 Å². The van der Waals surface area contributed by atoms with Gasteiger partial charge in [0, 0.05) is 19.8 Å². The van der Waals surface area contributed by atoms with Crippen LogP contribution in [0.3, 0.4) is 0 Å². The summed E-state index contributed by atoms with van der Waals surface area (Å²) in [7, 11) is 2.96. The van der Waals surface area contributed by atoms with E-state index in [0.717, 1.165) is 0 Å². The van der Waals surface area contributed by atoms with Crippen LogP contribution in [0.4, 0.5) is 10.5 Å². The number of hydrogen-bond donors (Lipinski definition) is 2. The first-order valence-electron chi connectivity index (χ1n) is 7.14. The van der Waals surface area contributed by atoms with Crippen molar-refractivity contribution in [1.29, 1.82) is 0 Å². The van der Waals surface area contributed by atoms with Gasteiger partial charge in [0.05, 0.1) is 19.2 Å². The molecule has 0 aliphatic rings. The number of aryl methyl sites for hydroxylation is 1. The van der Waals surface area contributed by atoms with E-state index in [1.807, 2.05) is 0 Å². The van der Waals surface area contributed by atoms with Gasteiger partial charge in [0.2, 0.25) is 0 Å². The molecule has 0 aliphatic heterocycles. The highest BCUT2D eigenvalue weighted by Crippen LogP contribution is 2.15. The van der Waals surface area contributed by atoms with Crippen molar-refractivity contribution in [2.24, 2.45) is 7.05 Å². The minimum atomic E-state index is -0.604. The molecule has 0 saturated carbocycles. The van der Waals surface area contributed by atoms with Crippen molar-refractivity contribution in [3.05, 3.63) is 18.0 Å². The van der Waals surface area contributed by atoms with E-state index in [9.17, 15) is 14.4 Å². The molecule has 0 fully saturated rings. The van der Waals surface area contributed by atoms with Crippen molar-refractivity contribution in [2.75, 3.05) is 19.0 Å². The zero-order chi connectivity index (χ0) is 17.6. The van der Waals surface area contributed by atoms with Gasteiger partial charge >= 0.3 is 12.1 Å². The van der Waals surface area contributed by atoms with Crippen molar-refractivity contribution < 1.29 is 23.9 Å². The smallest absolute Gasteiger partial charge is 0.412 e. The Kier molecular flexibility index (Phi) is 6.18. The highest BCUT2D eigenvalue weighted by atomic mass is 16.6. The number of nitrogens with zero attached hydrogens (tertiary/aromatic N) is 1. The summed E-state index contributed by atoms with van der Waals surface area (Å²) in [5, 5.41) is 5.17. The lowest BCUT2D eigenvalue weighted by Gasteiger charge is -2.19. The quantitative estimate of drug-likeness (QED) is 0.802. The van der Waals surface area contributed by atoms with Gasteiger partial charge < -0.3 is 19.4 Å². The molecule has 23 heavy (non-hydrogen) atoms. The third kappa shape index (κ3) is 6.41. The number of amides is 2. The molecular formula is C15H23N3O5. The molecule has 8 heteroatoms. The molecule has 8 nitrogen and oxygen atoms in total. The summed E-state index contributed by atoms with van der Waals surface area (Å²) < 4.78 is 11.2. The number of ether oxygens (including phenoxy) is 2. The summed E-state index contributed by atoms with van der Waals surface area (Å²) in [5.74, 6) is -0.752. The van der Waals surface area contributed by atoms with Gasteiger partial charge in [0.1, 0.15) is 11.3 Å². The Bertz CT molecular complexity index is 586. The molecular weight excluding hydrogens is 302 g/mol. The van der Waals surface area contributed by atoms with Gasteiger partial charge in [-0.2, -0.15) is 0 Å². The maximum absolute atomic E-state index is 12.0. The molecule has 0 bridgehead atoms. The Morgan fingerprint density at radius 2 is 1.91 bits per heavy atom. The van der Waals surface area contributed by atoms with Gasteiger partial charge in [-0.1, -0.05) is 0 Å². The second-order valence-corrected chi connectivity index (χ2v) is 5.93. The number of carbonyl (C=O) groups excluding carboxylic acids is 3. The van der Waals surface area contributed by atoms with E-state index in [0.29, 0.717) is 11.4 Å². The fourth-order valence-electron chi connectivity index (χ4n) is 1.75. The van der Waals surface area contributed by atoms with Crippen LogP contribution in [0.15, 0.2) is 12.3 Å². The molecule has 0 aromatic carbocycles. The van der Waals surface area contributed by atoms with Gasteiger partial charge in [-0.25, -0.2) is 4.79 Å². The van der Waals surface area contributed by atoms with E-state index in [-0.39, 0.29) is 18.9 Å². The number of hydrogen-bond acceptors (Lipinski definition) is 5. The van der Waals surface area contributed by atoms with Gasteiger partial charge in [0.15, 0.2) is 0 Å². The van der Waals surface area contributed by atoms with E-state index < -0.39 is 17.7 Å².